The molecule has 0 aliphatic heterocycles. The van der Waals surface area contributed by atoms with E-state index in [0.29, 0.717) is 29.0 Å². The number of aromatic nitrogens is 4. The molecule has 0 unspecified atom stereocenters. The van der Waals surface area contributed by atoms with Crippen LogP contribution in [0.1, 0.15) is 45.5 Å². The smallest absolute Gasteiger partial charge is 0.160 e. The molecule has 0 radical (unpaired) electrons. The molecule has 28 heavy (non-hydrogen) atoms. The maximum Gasteiger partial charge on any atom is 0.160 e. The van der Waals surface area contributed by atoms with E-state index in [0.717, 1.165) is 40.1 Å². The number of rotatable bonds is 2. The zero-order chi connectivity index (χ0) is 19.8. The number of fused-ring (bicyclic) bond motifs is 3. The van der Waals surface area contributed by atoms with Crippen molar-refractivity contribution in [3.05, 3.63) is 30.1 Å². The highest BCUT2D eigenvalue weighted by atomic mass is 15.2. The Kier molecular flexibility index (Phi) is 3.55. The molecule has 6 rings (SSSR count). The third-order valence-electron chi connectivity index (χ3n) is 7.52. The summed E-state index contributed by atoms with van der Waals surface area (Å²) in [6, 6.07) is 8.12. The molecular weight excluding hydrogens is 348 g/mol. The van der Waals surface area contributed by atoms with E-state index in [-0.39, 0.29) is 0 Å². The SMILES string of the molecule is Cc1nc2ccc(-c3cc(N)nc(N)c3)nc2n1[C@H]1C[C@H]2C[C@@H]([C@@H]1C)C2(C)C. The third-order valence-corrected chi connectivity index (χ3v) is 7.52. The quantitative estimate of drug-likeness (QED) is 0.698. The predicted molar refractivity (Wildman–Crippen MR) is 113 cm³/mol. The fraction of sp³-hybridized carbons (Fsp3) is 0.500. The van der Waals surface area contributed by atoms with E-state index in [1.165, 1.54) is 12.8 Å². The molecule has 6 heteroatoms. The number of nitrogens with zero attached hydrogens (tertiary/aromatic N) is 4. The fourth-order valence-corrected chi connectivity index (χ4v) is 5.83. The van der Waals surface area contributed by atoms with Crippen LogP contribution in [0.5, 0.6) is 0 Å². The standard InChI is InChI=1S/C22H28N6/c1-11-15-9-14(22(15,3)4)10-18(11)28-12(2)25-17-6-5-16(26-21(17)28)13-7-19(23)27-20(24)8-13/h5-8,11,14-15,18H,9-10H2,1-4H3,(H4,23,24,27)/t11-,14+,15-,18-/m0/s1. The topological polar surface area (TPSA) is 95.6 Å². The van der Waals surface area contributed by atoms with Crippen LogP contribution in [-0.2, 0) is 0 Å². The van der Waals surface area contributed by atoms with Gasteiger partial charge in [-0.15, -0.1) is 0 Å². The number of anilines is 2. The Bertz CT molecular complexity index is 1060. The second-order valence-electron chi connectivity index (χ2n) is 9.30. The van der Waals surface area contributed by atoms with Gasteiger partial charge in [0.1, 0.15) is 23.0 Å². The zero-order valence-corrected chi connectivity index (χ0v) is 17.0. The van der Waals surface area contributed by atoms with Crippen LogP contribution in [0, 0.1) is 30.1 Å². The van der Waals surface area contributed by atoms with Crippen LogP contribution in [0.3, 0.4) is 0 Å². The maximum atomic E-state index is 5.89. The van der Waals surface area contributed by atoms with Crippen LogP contribution in [0.4, 0.5) is 11.6 Å². The molecule has 4 N–H and O–H groups in total. The van der Waals surface area contributed by atoms with Gasteiger partial charge in [0.05, 0.1) is 5.69 Å². The van der Waals surface area contributed by atoms with Gasteiger partial charge in [-0.1, -0.05) is 20.8 Å². The van der Waals surface area contributed by atoms with Gasteiger partial charge in [0.2, 0.25) is 0 Å². The lowest BCUT2D eigenvalue weighted by Crippen LogP contribution is -2.55. The minimum atomic E-state index is 0.407. The predicted octanol–water partition coefficient (Wildman–Crippen LogP) is 4.21. The number of imidazole rings is 1. The van der Waals surface area contributed by atoms with Gasteiger partial charge >= 0.3 is 0 Å². The summed E-state index contributed by atoms with van der Waals surface area (Å²) in [6.07, 6.45) is 2.57. The average Bonchev–Trinajstić information content (AvgIpc) is 2.95. The van der Waals surface area contributed by atoms with Crippen molar-refractivity contribution in [2.24, 2.45) is 23.2 Å². The molecule has 3 saturated carbocycles. The maximum absolute atomic E-state index is 5.89. The van der Waals surface area contributed by atoms with Crippen molar-refractivity contribution >= 4 is 22.8 Å². The molecule has 0 spiro atoms. The highest BCUT2D eigenvalue weighted by molar-refractivity contribution is 5.77. The highest BCUT2D eigenvalue weighted by Crippen LogP contribution is 2.64. The lowest BCUT2D eigenvalue weighted by atomic mass is 9.44. The monoisotopic (exact) mass is 376 g/mol. The summed E-state index contributed by atoms with van der Waals surface area (Å²) in [5.41, 5.74) is 15.9. The first kappa shape index (κ1) is 17.5. The van der Waals surface area contributed by atoms with Gasteiger partial charge in [0.15, 0.2) is 5.65 Å². The first-order valence-corrected chi connectivity index (χ1v) is 10.1. The van der Waals surface area contributed by atoms with Crippen molar-refractivity contribution in [1.29, 1.82) is 0 Å². The Hall–Kier alpha value is -2.63. The number of pyridine rings is 2. The molecule has 3 aromatic heterocycles. The number of nitrogen functional groups attached to an aromatic ring is 2. The Morgan fingerprint density at radius 1 is 1.04 bits per heavy atom. The zero-order valence-electron chi connectivity index (χ0n) is 17.0. The molecule has 3 aromatic rings. The third kappa shape index (κ3) is 2.36. The van der Waals surface area contributed by atoms with Crippen LogP contribution in [0.15, 0.2) is 24.3 Å². The van der Waals surface area contributed by atoms with Gasteiger partial charge in [0, 0.05) is 11.6 Å². The van der Waals surface area contributed by atoms with Crippen LogP contribution in [0.25, 0.3) is 22.4 Å². The van der Waals surface area contributed by atoms with Crippen molar-refractivity contribution in [1.82, 2.24) is 19.5 Å². The van der Waals surface area contributed by atoms with Crippen molar-refractivity contribution in [3.8, 4) is 11.3 Å². The van der Waals surface area contributed by atoms with Gasteiger partial charge in [0.25, 0.3) is 0 Å². The molecule has 3 heterocycles. The van der Waals surface area contributed by atoms with Crippen LogP contribution >= 0.6 is 0 Å². The van der Waals surface area contributed by atoms with Crippen LogP contribution < -0.4 is 11.5 Å². The molecule has 0 saturated heterocycles. The summed E-state index contributed by atoms with van der Waals surface area (Å²) in [6.45, 7) is 9.38. The van der Waals surface area contributed by atoms with Crippen LogP contribution in [0.2, 0.25) is 0 Å². The van der Waals surface area contributed by atoms with Gasteiger partial charge in [-0.05, 0) is 67.2 Å². The number of hydrogen-bond donors (Lipinski definition) is 2. The molecule has 3 aliphatic rings. The molecule has 3 fully saturated rings. The van der Waals surface area contributed by atoms with E-state index in [4.69, 9.17) is 21.4 Å². The number of hydrogen-bond acceptors (Lipinski definition) is 5. The molecule has 3 aliphatic carbocycles. The summed E-state index contributed by atoms with van der Waals surface area (Å²) >= 11 is 0. The summed E-state index contributed by atoms with van der Waals surface area (Å²) in [5.74, 6) is 4.04. The molecule has 0 aromatic carbocycles. The average molecular weight is 377 g/mol. The molecule has 0 amide bonds. The van der Waals surface area contributed by atoms with Gasteiger partial charge in [-0.3, -0.25) is 0 Å². The second kappa shape index (κ2) is 5.69. The minimum absolute atomic E-state index is 0.407. The minimum Gasteiger partial charge on any atom is -0.384 e. The summed E-state index contributed by atoms with van der Waals surface area (Å²) < 4.78 is 2.38. The first-order valence-electron chi connectivity index (χ1n) is 10.1. The van der Waals surface area contributed by atoms with Crippen LogP contribution in [-0.4, -0.2) is 19.5 Å². The first-order chi connectivity index (χ1) is 13.3. The lowest BCUT2D eigenvalue weighted by molar-refractivity contribution is -0.123. The fourth-order valence-electron chi connectivity index (χ4n) is 5.83. The van der Waals surface area contributed by atoms with E-state index in [1.54, 1.807) is 0 Å². The Morgan fingerprint density at radius 3 is 2.39 bits per heavy atom. The molecule has 2 bridgehead atoms. The van der Waals surface area contributed by atoms with E-state index in [2.05, 4.69) is 37.2 Å². The lowest BCUT2D eigenvalue weighted by Gasteiger charge is -2.62. The molecule has 4 atom stereocenters. The van der Waals surface area contributed by atoms with Gasteiger partial charge < -0.3 is 16.0 Å². The van der Waals surface area contributed by atoms with Gasteiger partial charge in [-0.2, -0.15) is 0 Å². The van der Waals surface area contributed by atoms with Gasteiger partial charge in [-0.25, -0.2) is 15.0 Å². The van der Waals surface area contributed by atoms with Crippen molar-refractivity contribution in [2.75, 3.05) is 11.5 Å². The Balaban J connectivity index is 1.61. The summed E-state index contributed by atoms with van der Waals surface area (Å²) in [4.78, 5) is 13.9. The van der Waals surface area contributed by atoms with Crippen molar-refractivity contribution < 1.29 is 0 Å². The highest BCUT2D eigenvalue weighted by Gasteiger charge is 2.56. The van der Waals surface area contributed by atoms with E-state index in [1.807, 2.05) is 24.3 Å². The number of nitrogens with two attached hydrogens (primary N) is 2. The summed E-state index contributed by atoms with van der Waals surface area (Å²) in [7, 11) is 0. The van der Waals surface area contributed by atoms with E-state index < -0.39 is 0 Å². The van der Waals surface area contributed by atoms with E-state index >= 15 is 0 Å². The Morgan fingerprint density at radius 2 is 1.75 bits per heavy atom. The largest absolute Gasteiger partial charge is 0.384 e. The number of aryl methyl sites for hydroxylation is 1. The summed E-state index contributed by atoms with van der Waals surface area (Å²) in [5, 5.41) is 0. The van der Waals surface area contributed by atoms with Crippen molar-refractivity contribution in [3.63, 3.8) is 0 Å². The Labute approximate surface area is 165 Å². The van der Waals surface area contributed by atoms with E-state index in [9.17, 15) is 0 Å². The molecule has 6 nitrogen and oxygen atoms in total. The molecule has 146 valence electrons. The molecular formula is C22H28N6. The second-order valence-corrected chi connectivity index (χ2v) is 9.30. The normalized spacial score (nSPS) is 28.3. The van der Waals surface area contributed by atoms with Crippen molar-refractivity contribution in [2.45, 2.75) is 46.6 Å².